The van der Waals surface area contributed by atoms with Crippen molar-refractivity contribution < 1.29 is 4.79 Å². The van der Waals surface area contributed by atoms with Crippen LogP contribution in [0.25, 0.3) is 10.9 Å². The zero-order valence-corrected chi connectivity index (χ0v) is 13.9. The predicted molar refractivity (Wildman–Crippen MR) is 93.7 cm³/mol. The lowest BCUT2D eigenvalue weighted by Gasteiger charge is -2.28. The maximum atomic E-state index is 11.9. The molecule has 5 heteroatoms. The monoisotopic (exact) mass is 312 g/mol. The average Bonchev–Trinajstić information content (AvgIpc) is 2.54. The molecule has 1 saturated heterocycles. The summed E-state index contributed by atoms with van der Waals surface area (Å²) >= 11 is 0. The third-order valence-corrected chi connectivity index (χ3v) is 4.15. The van der Waals surface area contributed by atoms with Crippen molar-refractivity contribution in [3.8, 4) is 0 Å². The number of aromatic nitrogens is 2. The highest BCUT2D eigenvalue weighted by molar-refractivity contribution is 5.96. The van der Waals surface area contributed by atoms with Crippen molar-refractivity contribution in [2.75, 3.05) is 23.3 Å². The van der Waals surface area contributed by atoms with Crippen LogP contribution in [0.5, 0.6) is 0 Å². The maximum Gasteiger partial charge on any atom is 0.224 e. The molecule has 122 valence electrons. The molecular formula is C18H24N4O. The molecule has 0 atom stereocenters. The largest absolute Gasteiger partial charge is 0.356 e. The highest BCUT2D eigenvalue weighted by atomic mass is 16.1. The Morgan fingerprint density at radius 2 is 2.00 bits per heavy atom. The van der Waals surface area contributed by atoms with Gasteiger partial charge in [0.25, 0.3) is 0 Å². The zero-order chi connectivity index (χ0) is 16.2. The van der Waals surface area contributed by atoms with Gasteiger partial charge in [0.15, 0.2) is 0 Å². The van der Waals surface area contributed by atoms with Gasteiger partial charge in [-0.05, 0) is 43.4 Å². The first kappa shape index (κ1) is 15.7. The first-order chi connectivity index (χ1) is 11.1. The SMILES string of the molecule is CC(C)CC(=O)Nc1ccc2c(N3CCCCC3)ncnc2c1. The Bertz CT molecular complexity index is 692. The van der Waals surface area contributed by atoms with Crippen molar-refractivity contribution in [1.82, 2.24) is 9.97 Å². The molecule has 1 N–H and O–H groups in total. The lowest BCUT2D eigenvalue weighted by Crippen LogP contribution is -2.30. The van der Waals surface area contributed by atoms with Crippen LogP contribution in [0, 0.1) is 5.92 Å². The summed E-state index contributed by atoms with van der Waals surface area (Å²) in [5.41, 5.74) is 1.68. The van der Waals surface area contributed by atoms with Crippen LogP contribution in [0.4, 0.5) is 11.5 Å². The topological polar surface area (TPSA) is 58.1 Å². The van der Waals surface area contributed by atoms with E-state index in [-0.39, 0.29) is 5.91 Å². The van der Waals surface area contributed by atoms with E-state index in [0.29, 0.717) is 12.3 Å². The van der Waals surface area contributed by atoms with Crippen LogP contribution >= 0.6 is 0 Å². The molecule has 1 aromatic carbocycles. The zero-order valence-electron chi connectivity index (χ0n) is 13.9. The van der Waals surface area contributed by atoms with Crippen LogP contribution < -0.4 is 10.2 Å². The van der Waals surface area contributed by atoms with Gasteiger partial charge in [-0.3, -0.25) is 4.79 Å². The van der Waals surface area contributed by atoms with Crippen LogP contribution in [0.3, 0.4) is 0 Å². The highest BCUT2D eigenvalue weighted by Crippen LogP contribution is 2.27. The molecule has 1 aliphatic rings. The molecule has 1 amide bonds. The molecular weight excluding hydrogens is 288 g/mol. The number of nitrogens with one attached hydrogen (secondary N) is 1. The molecule has 2 heterocycles. The summed E-state index contributed by atoms with van der Waals surface area (Å²) in [4.78, 5) is 23.1. The van der Waals surface area contributed by atoms with Gasteiger partial charge >= 0.3 is 0 Å². The molecule has 0 bridgehead atoms. The molecule has 3 rings (SSSR count). The standard InChI is InChI=1S/C18H24N4O/c1-13(2)10-17(23)21-14-6-7-15-16(11-14)19-12-20-18(15)22-8-4-3-5-9-22/h6-7,11-13H,3-5,8-10H2,1-2H3,(H,21,23). The number of hydrogen-bond donors (Lipinski definition) is 1. The van der Waals surface area contributed by atoms with Gasteiger partial charge in [-0.1, -0.05) is 13.8 Å². The van der Waals surface area contributed by atoms with E-state index in [1.165, 1.54) is 19.3 Å². The predicted octanol–water partition coefficient (Wildman–Crippen LogP) is 3.60. The van der Waals surface area contributed by atoms with Crippen LogP contribution in [-0.2, 0) is 4.79 Å². The average molecular weight is 312 g/mol. The van der Waals surface area contributed by atoms with Crippen molar-refractivity contribution >= 4 is 28.3 Å². The van der Waals surface area contributed by atoms with Gasteiger partial charge in [-0.25, -0.2) is 9.97 Å². The van der Waals surface area contributed by atoms with Crippen molar-refractivity contribution in [3.05, 3.63) is 24.5 Å². The van der Waals surface area contributed by atoms with Crippen molar-refractivity contribution in [3.63, 3.8) is 0 Å². The Labute approximate surface area is 137 Å². The summed E-state index contributed by atoms with van der Waals surface area (Å²) in [7, 11) is 0. The van der Waals surface area contributed by atoms with Crippen LogP contribution in [-0.4, -0.2) is 29.0 Å². The normalized spacial score (nSPS) is 15.2. The van der Waals surface area contributed by atoms with E-state index in [1.807, 2.05) is 32.0 Å². The number of nitrogens with zero attached hydrogens (tertiary/aromatic N) is 3. The van der Waals surface area contributed by atoms with E-state index >= 15 is 0 Å². The van der Waals surface area contributed by atoms with Gasteiger partial charge < -0.3 is 10.2 Å². The molecule has 0 radical (unpaired) electrons. The molecule has 1 fully saturated rings. The summed E-state index contributed by atoms with van der Waals surface area (Å²) in [5, 5.41) is 4.00. The Morgan fingerprint density at radius 1 is 1.22 bits per heavy atom. The van der Waals surface area contributed by atoms with E-state index in [1.54, 1.807) is 6.33 Å². The number of rotatable bonds is 4. The number of anilines is 2. The number of piperidine rings is 1. The van der Waals surface area contributed by atoms with E-state index in [4.69, 9.17) is 0 Å². The van der Waals surface area contributed by atoms with E-state index in [2.05, 4.69) is 20.2 Å². The second-order valence-electron chi connectivity index (χ2n) is 6.62. The summed E-state index contributed by atoms with van der Waals surface area (Å²) in [6.07, 6.45) is 5.88. The summed E-state index contributed by atoms with van der Waals surface area (Å²) in [5.74, 6) is 1.41. The Balaban J connectivity index is 1.84. The maximum absolute atomic E-state index is 11.9. The molecule has 0 unspecified atom stereocenters. The lowest BCUT2D eigenvalue weighted by molar-refractivity contribution is -0.116. The van der Waals surface area contributed by atoms with Crippen molar-refractivity contribution in [1.29, 1.82) is 0 Å². The van der Waals surface area contributed by atoms with E-state index in [9.17, 15) is 4.79 Å². The summed E-state index contributed by atoms with van der Waals surface area (Å²) in [6.45, 7) is 6.19. The van der Waals surface area contributed by atoms with Crippen molar-refractivity contribution in [2.45, 2.75) is 39.5 Å². The fourth-order valence-corrected chi connectivity index (χ4v) is 3.06. The quantitative estimate of drug-likeness (QED) is 0.937. The number of hydrogen-bond acceptors (Lipinski definition) is 4. The third-order valence-electron chi connectivity index (χ3n) is 4.15. The second-order valence-corrected chi connectivity index (χ2v) is 6.62. The highest BCUT2D eigenvalue weighted by Gasteiger charge is 2.15. The number of amides is 1. The van der Waals surface area contributed by atoms with Crippen LogP contribution in [0.1, 0.15) is 39.5 Å². The van der Waals surface area contributed by atoms with Gasteiger partial charge in [-0.2, -0.15) is 0 Å². The Hall–Kier alpha value is -2.17. The molecule has 1 aliphatic heterocycles. The van der Waals surface area contributed by atoms with Crippen LogP contribution in [0.15, 0.2) is 24.5 Å². The number of fused-ring (bicyclic) bond motifs is 1. The fraction of sp³-hybridized carbons (Fsp3) is 0.500. The van der Waals surface area contributed by atoms with Crippen molar-refractivity contribution in [2.24, 2.45) is 5.92 Å². The summed E-state index contributed by atoms with van der Waals surface area (Å²) < 4.78 is 0. The Kier molecular flexibility index (Phi) is 4.74. The second kappa shape index (κ2) is 6.94. The lowest BCUT2D eigenvalue weighted by atomic mass is 10.1. The van der Waals surface area contributed by atoms with Gasteiger partial charge in [0.1, 0.15) is 12.1 Å². The molecule has 0 aliphatic carbocycles. The van der Waals surface area contributed by atoms with Crippen LogP contribution in [0.2, 0.25) is 0 Å². The van der Waals surface area contributed by atoms with Gasteiger partial charge in [-0.15, -0.1) is 0 Å². The minimum atomic E-state index is 0.0460. The molecule has 0 spiro atoms. The minimum absolute atomic E-state index is 0.0460. The smallest absolute Gasteiger partial charge is 0.224 e. The molecule has 2 aromatic rings. The number of benzene rings is 1. The molecule has 0 saturated carbocycles. The summed E-state index contributed by atoms with van der Waals surface area (Å²) in [6, 6.07) is 5.89. The first-order valence-electron chi connectivity index (χ1n) is 8.43. The number of carbonyl (C=O) groups excluding carboxylic acids is 1. The first-order valence-corrected chi connectivity index (χ1v) is 8.43. The third kappa shape index (κ3) is 3.78. The van der Waals surface area contributed by atoms with E-state index in [0.717, 1.165) is 35.5 Å². The Morgan fingerprint density at radius 3 is 2.74 bits per heavy atom. The molecule has 23 heavy (non-hydrogen) atoms. The van der Waals surface area contributed by atoms with Gasteiger partial charge in [0, 0.05) is 30.6 Å². The molecule has 1 aromatic heterocycles. The molecule has 5 nitrogen and oxygen atoms in total. The van der Waals surface area contributed by atoms with E-state index < -0.39 is 0 Å². The van der Waals surface area contributed by atoms with Gasteiger partial charge in [0.2, 0.25) is 5.91 Å². The fourth-order valence-electron chi connectivity index (χ4n) is 3.06. The van der Waals surface area contributed by atoms with Gasteiger partial charge in [0.05, 0.1) is 5.52 Å². The minimum Gasteiger partial charge on any atom is -0.356 e. The number of carbonyl (C=O) groups is 1.